The highest BCUT2D eigenvalue weighted by Crippen LogP contribution is 2.22. The maximum absolute atomic E-state index is 3.86. The van der Waals surface area contributed by atoms with E-state index in [0.717, 1.165) is 6.04 Å². The summed E-state index contributed by atoms with van der Waals surface area (Å²) < 4.78 is 0. The third-order valence-corrected chi connectivity index (χ3v) is 4.10. The lowest BCUT2D eigenvalue weighted by molar-refractivity contribution is 0.406. The topological polar surface area (TPSA) is 24.1 Å². The third kappa shape index (κ3) is 2.70. The van der Waals surface area contributed by atoms with Crippen LogP contribution in [0.25, 0.3) is 0 Å². The Morgan fingerprint density at radius 2 is 1.71 bits per heavy atom. The number of rotatable bonds is 2. The van der Waals surface area contributed by atoms with E-state index in [4.69, 9.17) is 0 Å². The fourth-order valence-electron chi connectivity index (χ4n) is 3.20. The van der Waals surface area contributed by atoms with Gasteiger partial charge < -0.3 is 10.6 Å². The van der Waals surface area contributed by atoms with Gasteiger partial charge in [0.25, 0.3) is 0 Å². The molecule has 3 rings (SSSR count). The van der Waals surface area contributed by atoms with E-state index < -0.39 is 0 Å². The van der Waals surface area contributed by atoms with E-state index >= 15 is 0 Å². The van der Waals surface area contributed by atoms with Crippen molar-refractivity contribution < 1.29 is 0 Å². The van der Waals surface area contributed by atoms with Crippen molar-refractivity contribution in [2.24, 2.45) is 0 Å². The zero-order valence-electron chi connectivity index (χ0n) is 10.4. The van der Waals surface area contributed by atoms with Crippen molar-refractivity contribution in [2.45, 2.75) is 44.2 Å². The van der Waals surface area contributed by atoms with Crippen LogP contribution in [0.4, 0.5) is 0 Å². The van der Waals surface area contributed by atoms with Crippen LogP contribution in [0.3, 0.4) is 0 Å². The number of benzene rings is 1. The van der Waals surface area contributed by atoms with Gasteiger partial charge in [-0.15, -0.1) is 0 Å². The average molecular weight is 230 g/mol. The van der Waals surface area contributed by atoms with Crippen molar-refractivity contribution in [1.29, 1.82) is 0 Å². The van der Waals surface area contributed by atoms with Gasteiger partial charge in [-0.25, -0.2) is 0 Å². The molecule has 2 aliphatic rings. The fourth-order valence-corrected chi connectivity index (χ4v) is 3.20. The second-order valence-electron chi connectivity index (χ2n) is 5.42. The van der Waals surface area contributed by atoms with Crippen molar-refractivity contribution in [1.82, 2.24) is 10.6 Å². The van der Waals surface area contributed by atoms with Crippen LogP contribution in [0.15, 0.2) is 24.3 Å². The zero-order chi connectivity index (χ0) is 11.5. The molecule has 0 saturated carbocycles. The van der Waals surface area contributed by atoms with Crippen molar-refractivity contribution in [2.75, 3.05) is 13.1 Å². The van der Waals surface area contributed by atoms with Crippen molar-refractivity contribution >= 4 is 0 Å². The van der Waals surface area contributed by atoms with Gasteiger partial charge in [-0.3, -0.25) is 0 Å². The minimum absolute atomic E-state index is 0.676. The first-order valence-corrected chi connectivity index (χ1v) is 6.95. The third-order valence-electron chi connectivity index (χ3n) is 4.10. The molecule has 17 heavy (non-hydrogen) atoms. The molecule has 1 aromatic carbocycles. The molecule has 1 fully saturated rings. The summed E-state index contributed by atoms with van der Waals surface area (Å²) in [6.07, 6.45) is 6.38. The van der Waals surface area contributed by atoms with Gasteiger partial charge in [0.2, 0.25) is 0 Å². The highest BCUT2D eigenvalue weighted by molar-refractivity contribution is 5.33. The Balaban J connectivity index is 1.57. The van der Waals surface area contributed by atoms with Gasteiger partial charge in [0.05, 0.1) is 0 Å². The van der Waals surface area contributed by atoms with Gasteiger partial charge in [-0.05, 0) is 56.3 Å². The van der Waals surface area contributed by atoms with Crippen molar-refractivity contribution in [3.8, 4) is 0 Å². The molecule has 0 radical (unpaired) electrons. The van der Waals surface area contributed by atoms with E-state index in [9.17, 15) is 0 Å². The summed E-state index contributed by atoms with van der Waals surface area (Å²) in [6, 6.07) is 10.3. The van der Waals surface area contributed by atoms with Crippen LogP contribution >= 0.6 is 0 Å². The standard InChI is InChI=1S/C15H22N2/c1-2-5-13-11-15(10-12(13)4-1)17-14-6-3-8-16-9-7-14/h1-2,4-5,14-17H,3,6-11H2. The summed E-state index contributed by atoms with van der Waals surface area (Å²) in [7, 11) is 0. The van der Waals surface area contributed by atoms with Crippen LogP contribution in [0.2, 0.25) is 0 Å². The van der Waals surface area contributed by atoms with E-state index in [1.807, 2.05) is 0 Å². The Morgan fingerprint density at radius 3 is 2.47 bits per heavy atom. The molecule has 1 atom stereocenters. The highest BCUT2D eigenvalue weighted by atomic mass is 15.0. The first-order valence-electron chi connectivity index (χ1n) is 6.95. The Bertz CT molecular complexity index is 342. The molecule has 1 aliphatic heterocycles. The lowest BCUT2D eigenvalue weighted by atomic mass is 10.1. The summed E-state index contributed by atoms with van der Waals surface area (Å²) in [5, 5.41) is 7.34. The van der Waals surface area contributed by atoms with Crippen LogP contribution in [-0.2, 0) is 12.8 Å². The fraction of sp³-hybridized carbons (Fsp3) is 0.600. The molecule has 0 amide bonds. The Morgan fingerprint density at radius 1 is 0.941 bits per heavy atom. The van der Waals surface area contributed by atoms with Crippen LogP contribution < -0.4 is 10.6 Å². The lowest BCUT2D eigenvalue weighted by Crippen LogP contribution is -2.39. The van der Waals surface area contributed by atoms with Gasteiger partial charge in [-0.1, -0.05) is 24.3 Å². The summed E-state index contributed by atoms with van der Waals surface area (Å²) in [6.45, 7) is 2.38. The van der Waals surface area contributed by atoms with Crippen LogP contribution in [0.1, 0.15) is 30.4 Å². The number of hydrogen-bond acceptors (Lipinski definition) is 2. The molecule has 1 aromatic rings. The molecule has 1 unspecified atom stereocenters. The molecule has 0 bridgehead atoms. The van der Waals surface area contributed by atoms with Gasteiger partial charge in [-0.2, -0.15) is 0 Å². The van der Waals surface area contributed by atoms with Crippen molar-refractivity contribution in [3.63, 3.8) is 0 Å². The van der Waals surface area contributed by atoms with Crippen molar-refractivity contribution in [3.05, 3.63) is 35.4 Å². The van der Waals surface area contributed by atoms with Gasteiger partial charge in [0.15, 0.2) is 0 Å². The molecular weight excluding hydrogens is 208 g/mol. The second-order valence-corrected chi connectivity index (χ2v) is 5.42. The smallest absolute Gasteiger partial charge is 0.0151 e. The second kappa shape index (κ2) is 5.19. The maximum Gasteiger partial charge on any atom is 0.0151 e. The normalized spacial score (nSPS) is 25.5. The van der Waals surface area contributed by atoms with E-state index in [2.05, 4.69) is 34.9 Å². The molecule has 0 aromatic heterocycles. The van der Waals surface area contributed by atoms with Gasteiger partial charge >= 0.3 is 0 Å². The Kier molecular flexibility index (Phi) is 3.44. The molecule has 1 aliphatic carbocycles. The highest BCUT2D eigenvalue weighted by Gasteiger charge is 2.23. The minimum Gasteiger partial charge on any atom is -0.317 e. The molecule has 0 spiro atoms. The molecule has 1 heterocycles. The Labute approximate surface area is 104 Å². The van der Waals surface area contributed by atoms with Gasteiger partial charge in [0, 0.05) is 12.1 Å². The predicted molar refractivity (Wildman–Crippen MR) is 71.3 cm³/mol. The van der Waals surface area contributed by atoms with Crippen LogP contribution in [-0.4, -0.2) is 25.2 Å². The molecule has 1 saturated heterocycles. The van der Waals surface area contributed by atoms with E-state index in [-0.39, 0.29) is 0 Å². The molecular formula is C15H22N2. The molecule has 2 N–H and O–H groups in total. The predicted octanol–water partition coefficient (Wildman–Crippen LogP) is 1.89. The summed E-state index contributed by atoms with van der Waals surface area (Å²) >= 11 is 0. The maximum atomic E-state index is 3.86. The zero-order valence-corrected chi connectivity index (χ0v) is 10.4. The quantitative estimate of drug-likeness (QED) is 0.810. The first kappa shape index (κ1) is 11.2. The van der Waals surface area contributed by atoms with Crippen LogP contribution in [0.5, 0.6) is 0 Å². The van der Waals surface area contributed by atoms with Gasteiger partial charge in [0.1, 0.15) is 0 Å². The number of hydrogen-bond donors (Lipinski definition) is 2. The number of fused-ring (bicyclic) bond motifs is 1. The molecule has 92 valence electrons. The van der Waals surface area contributed by atoms with Crippen LogP contribution in [0, 0.1) is 0 Å². The van der Waals surface area contributed by atoms with E-state index in [1.165, 1.54) is 45.2 Å². The monoisotopic (exact) mass is 230 g/mol. The van der Waals surface area contributed by atoms with E-state index in [0.29, 0.717) is 6.04 Å². The first-order chi connectivity index (χ1) is 8.42. The Hall–Kier alpha value is -0.860. The SMILES string of the molecule is c1ccc2c(c1)CC(NC1CCCNCC1)C2. The lowest BCUT2D eigenvalue weighted by Gasteiger charge is -2.21. The summed E-state index contributed by atoms with van der Waals surface area (Å²) in [4.78, 5) is 0. The largest absolute Gasteiger partial charge is 0.317 e. The summed E-state index contributed by atoms with van der Waals surface area (Å²) in [5.41, 5.74) is 3.11. The minimum atomic E-state index is 0.676. The molecule has 2 nitrogen and oxygen atoms in total. The average Bonchev–Trinajstić information content (AvgIpc) is 2.57. The summed E-state index contributed by atoms with van der Waals surface area (Å²) in [5.74, 6) is 0. The van der Waals surface area contributed by atoms with E-state index in [1.54, 1.807) is 11.1 Å². The number of nitrogens with one attached hydrogen (secondary N) is 2. The molecule has 2 heteroatoms.